The van der Waals surface area contributed by atoms with E-state index in [9.17, 15) is 14.7 Å². The van der Waals surface area contributed by atoms with Gasteiger partial charge in [0.05, 0.1) is 6.42 Å². The number of aliphatic hydroxyl groups is 1. The Hall–Kier alpha value is -1.92. The number of nitrogens with one attached hydrogen (secondary N) is 1. The predicted molar refractivity (Wildman–Crippen MR) is 79.1 cm³/mol. The zero-order valence-electron chi connectivity index (χ0n) is 11.1. The minimum absolute atomic E-state index is 0.136. The monoisotopic (exact) mass is 349 g/mol. The molecule has 1 unspecified atom stereocenters. The standard InChI is InChI=1S/C15H12BrNO4/c1-8-2-5-13(21-8)12(18)7-15(20)10-6-9(16)3-4-11(10)17-14(15)19/h2-6,20H,7H2,1H3,(H,17,19). The summed E-state index contributed by atoms with van der Waals surface area (Å²) in [5.41, 5.74) is -0.982. The van der Waals surface area contributed by atoms with E-state index in [1.165, 1.54) is 6.07 Å². The molecule has 108 valence electrons. The Morgan fingerprint density at radius 3 is 2.81 bits per heavy atom. The Morgan fingerprint density at radius 1 is 1.38 bits per heavy atom. The molecule has 3 rings (SSSR count). The molecule has 1 aliphatic heterocycles. The van der Waals surface area contributed by atoms with Crippen LogP contribution in [0.3, 0.4) is 0 Å². The third-order valence-corrected chi connectivity index (χ3v) is 3.98. The number of aryl methyl sites for hydroxylation is 1. The summed E-state index contributed by atoms with van der Waals surface area (Å²) in [5, 5.41) is 13.3. The Balaban J connectivity index is 1.96. The Bertz CT molecular complexity index is 752. The Morgan fingerprint density at radius 2 is 2.14 bits per heavy atom. The van der Waals surface area contributed by atoms with E-state index in [0.717, 1.165) is 4.47 Å². The molecule has 2 N–H and O–H groups in total. The van der Waals surface area contributed by atoms with E-state index in [2.05, 4.69) is 21.2 Å². The second kappa shape index (κ2) is 4.82. The number of Topliss-reactive ketones (excluding diaryl/α,β-unsaturated/α-hetero) is 1. The van der Waals surface area contributed by atoms with Crippen molar-refractivity contribution in [2.24, 2.45) is 0 Å². The fourth-order valence-corrected chi connectivity index (χ4v) is 2.76. The quantitative estimate of drug-likeness (QED) is 0.835. The molecular weight excluding hydrogens is 338 g/mol. The maximum atomic E-state index is 12.2. The lowest BCUT2D eigenvalue weighted by Crippen LogP contribution is -2.36. The van der Waals surface area contributed by atoms with Crippen molar-refractivity contribution in [3.63, 3.8) is 0 Å². The molecule has 0 fully saturated rings. The number of anilines is 1. The average molecular weight is 350 g/mol. The number of hydrogen-bond donors (Lipinski definition) is 2. The van der Waals surface area contributed by atoms with Gasteiger partial charge in [0, 0.05) is 15.7 Å². The van der Waals surface area contributed by atoms with Crippen molar-refractivity contribution < 1.29 is 19.1 Å². The molecule has 0 radical (unpaired) electrons. The molecule has 5 nitrogen and oxygen atoms in total. The van der Waals surface area contributed by atoms with Gasteiger partial charge >= 0.3 is 0 Å². The van der Waals surface area contributed by atoms with Crippen LogP contribution in [0, 0.1) is 6.92 Å². The number of amides is 1. The Labute approximate surface area is 129 Å². The Kier molecular flexibility index (Phi) is 3.22. The molecular formula is C15H12BrNO4. The summed E-state index contributed by atoms with van der Waals surface area (Å²) >= 11 is 3.30. The van der Waals surface area contributed by atoms with Crippen molar-refractivity contribution in [1.29, 1.82) is 0 Å². The molecule has 1 aromatic carbocycles. The van der Waals surface area contributed by atoms with Crippen LogP contribution in [0.25, 0.3) is 0 Å². The lowest BCUT2D eigenvalue weighted by Gasteiger charge is -2.19. The van der Waals surface area contributed by atoms with Crippen molar-refractivity contribution in [3.05, 3.63) is 51.9 Å². The number of furan rings is 1. The third-order valence-electron chi connectivity index (χ3n) is 3.48. The van der Waals surface area contributed by atoms with E-state index < -0.39 is 17.3 Å². The normalized spacial score (nSPS) is 20.2. The van der Waals surface area contributed by atoms with Gasteiger partial charge in [-0.3, -0.25) is 9.59 Å². The van der Waals surface area contributed by atoms with Gasteiger partial charge in [0.2, 0.25) is 5.78 Å². The number of rotatable bonds is 3. The number of carbonyl (C=O) groups is 2. The van der Waals surface area contributed by atoms with Gasteiger partial charge in [0.15, 0.2) is 11.4 Å². The van der Waals surface area contributed by atoms with Gasteiger partial charge in [-0.05, 0) is 37.3 Å². The predicted octanol–water partition coefficient (Wildman–Crippen LogP) is 2.76. The van der Waals surface area contributed by atoms with Gasteiger partial charge in [-0.15, -0.1) is 0 Å². The maximum Gasteiger partial charge on any atom is 0.261 e. The van der Waals surface area contributed by atoms with Crippen LogP contribution in [0.2, 0.25) is 0 Å². The second-order valence-electron chi connectivity index (χ2n) is 5.01. The minimum atomic E-state index is -1.88. The highest BCUT2D eigenvalue weighted by Crippen LogP contribution is 2.40. The minimum Gasteiger partial charge on any atom is -0.458 e. The second-order valence-corrected chi connectivity index (χ2v) is 5.93. The summed E-state index contributed by atoms with van der Waals surface area (Å²) in [5.74, 6) is -0.290. The number of carbonyl (C=O) groups excluding carboxylic acids is 2. The van der Waals surface area contributed by atoms with E-state index in [-0.39, 0.29) is 12.2 Å². The molecule has 2 heterocycles. The molecule has 0 spiro atoms. The van der Waals surface area contributed by atoms with Gasteiger partial charge < -0.3 is 14.8 Å². The molecule has 0 bridgehead atoms. The first-order chi connectivity index (χ1) is 9.90. The van der Waals surface area contributed by atoms with Crippen LogP contribution < -0.4 is 5.32 Å². The molecule has 1 amide bonds. The van der Waals surface area contributed by atoms with Crippen LogP contribution in [-0.2, 0) is 10.4 Å². The number of ketones is 1. The van der Waals surface area contributed by atoms with Crippen LogP contribution in [0.1, 0.15) is 28.3 Å². The van der Waals surface area contributed by atoms with Crippen LogP contribution in [-0.4, -0.2) is 16.8 Å². The molecule has 0 saturated heterocycles. The zero-order chi connectivity index (χ0) is 15.2. The summed E-state index contributed by atoms with van der Waals surface area (Å²) in [4.78, 5) is 24.3. The molecule has 1 aliphatic rings. The lowest BCUT2D eigenvalue weighted by molar-refractivity contribution is -0.133. The van der Waals surface area contributed by atoms with Crippen molar-refractivity contribution in [1.82, 2.24) is 0 Å². The van der Waals surface area contributed by atoms with E-state index in [0.29, 0.717) is 17.0 Å². The van der Waals surface area contributed by atoms with Gasteiger partial charge in [-0.1, -0.05) is 15.9 Å². The topological polar surface area (TPSA) is 79.5 Å². The SMILES string of the molecule is Cc1ccc(C(=O)CC2(O)C(=O)Nc3ccc(Br)cc32)o1. The van der Waals surface area contributed by atoms with Gasteiger partial charge in [0.1, 0.15) is 5.76 Å². The van der Waals surface area contributed by atoms with Crippen molar-refractivity contribution in [2.45, 2.75) is 18.9 Å². The first-order valence-electron chi connectivity index (χ1n) is 6.33. The summed E-state index contributed by atoms with van der Waals surface area (Å²) in [7, 11) is 0. The largest absolute Gasteiger partial charge is 0.458 e. The van der Waals surface area contributed by atoms with E-state index in [1.54, 1.807) is 31.2 Å². The molecule has 21 heavy (non-hydrogen) atoms. The third kappa shape index (κ3) is 2.30. The van der Waals surface area contributed by atoms with E-state index in [4.69, 9.17) is 4.42 Å². The maximum absolute atomic E-state index is 12.2. The highest BCUT2D eigenvalue weighted by Gasteiger charge is 2.47. The van der Waals surface area contributed by atoms with Gasteiger partial charge in [-0.2, -0.15) is 0 Å². The number of halogens is 1. The van der Waals surface area contributed by atoms with Crippen LogP contribution in [0.4, 0.5) is 5.69 Å². The number of fused-ring (bicyclic) bond motifs is 1. The van der Waals surface area contributed by atoms with Crippen LogP contribution in [0.15, 0.2) is 39.2 Å². The van der Waals surface area contributed by atoms with Crippen LogP contribution >= 0.6 is 15.9 Å². The van der Waals surface area contributed by atoms with Gasteiger partial charge in [-0.25, -0.2) is 0 Å². The zero-order valence-corrected chi connectivity index (χ0v) is 12.7. The van der Waals surface area contributed by atoms with Gasteiger partial charge in [0.25, 0.3) is 5.91 Å². The molecule has 0 aliphatic carbocycles. The summed E-state index contributed by atoms with van der Waals surface area (Å²) < 4.78 is 5.97. The van der Waals surface area contributed by atoms with Crippen molar-refractivity contribution in [2.75, 3.05) is 5.32 Å². The summed E-state index contributed by atoms with van der Waals surface area (Å²) in [6.07, 6.45) is -0.366. The highest BCUT2D eigenvalue weighted by molar-refractivity contribution is 9.10. The van der Waals surface area contributed by atoms with Crippen molar-refractivity contribution >= 4 is 33.3 Å². The number of benzene rings is 1. The van der Waals surface area contributed by atoms with Crippen molar-refractivity contribution in [3.8, 4) is 0 Å². The molecule has 6 heteroatoms. The molecule has 1 atom stereocenters. The molecule has 0 saturated carbocycles. The summed E-state index contributed by atoms with van der Waals surface area (Å²) in [6, 6.07) is 8.26. The van der Waals surface area contributed by atoms with Crippen LogP contribution in [0.5, 0.6) is 0 Å². The van der Waals surface area contributed by atoms with E-state index >= 15 is 0 Å². The highest BCUT2D eigenvalue weighted by atomic mass is 79.9. The smallest absolute Gasteiger partial charge is 0.261 e. The number of hydrogen-bond acceptors (Lipinski definition) is 4. The first-order valence-corrected chi connectivity index (χ1v) is 7.13. The molecule has 1 aromatic heterocycles. The fraction of sp³-hybridized carbons (Fsp3) is 0.200. The lowest BCUT2D eigenvalue weighted by atomic mass is 9.89. The summed E-state index contributed by atoms with van der Waals surface area (Å²) in [6.45, 7) is 1.72. The fourth-order valence-electron chi connectivity index (χ4n) is 2.40. The van der Waals surface area contributed by atoms with E-state index in [1.807, 2.05) is 0 Å². The average Bonchev–Trinajstić information content (AvgIpc) is 2.95. The first kappa shape index (κ1) is 14.0. The molecule has 2 aromatic rings.